The molecule has 1 unspecified atom stereocenters. The summed E-state index contributed by atoms with van der Waals surface area (Å²) in [5, 5.41) is 5.90. The number of fused-ring (bicyclic) bond motifs is 1. The Morgan fingerprint density at radius 1 is 0.861 bits per heavy atom. The Morgan fingerprint density at radius 2 is 1.50 bits per heavy atom. The lowest BCUT2D eigenvalue weighted by Gasteiger charge is -2.40. The third-order valence-electron chi connectivity index (χ3n) is 6.79. The lowest BCUT2D eigenvalue weighted by atomic mass is 9.63. The molecule has 3 aromatic rings. The number of ether oxygens (including phenoxy) is 1. The molecule has 0 aliphatic heterocycles. The molecule has 0 bridgehead atoms. The number of amides is 2. The van der Waals surface area contributed by atoms with Gasteiger partial charge in [-0.05, 0) is 55.0 Å². The fourth-order valence-electron chi connectivity index (χ4n) is 5.04. The van der Waals surface area contributed by atoms with Crippen LogP contribution >= 0.6 is 0 Å². The maximum absolute atomic E-state index is 13.4. The molecule has 36 heavy (non-hydrogen) atoms. The fourth-order valence-corrected chi connectivity index (χ4v) is 5.04. The third kappa shape index (κ3) is 5.18. The molecule has 6 heteroatoms. The number of carbonyl (C=O) groups excluding carboxylic acids is 3. The Labute approximate surface area is 212 Å². The first-order valence-electron chi connectivity index (χ1n) is 12.5. The highest BCUT2D eigenvalue weighted by Crippen LogP contribution is 2.47. The van der Waals surface area contributed by atoms with Gasteiger partial charge in [-0.3, -0.25) is 14.4 Å². The van der Waals surface area contributed by atoms with Crippen LogP contribution in [0.5, 0.6) is 0 Å². The molecule has 0 spiro atoms. The van der Waals surface area contributed by atoms with E-state index in [1.165, 1.54) is 0 Å². The number of esters is 1. The summed E-state index contributed by atoms with van der Waals surface area (Å²) >= 11 is 0. The Kier molecular flexibility index (Phi) is 8.16. The van der Waals surface area contributed by atoms with Gasteiger partial charge in [0.25, 0.3) is 5.91 Å². The SMILES string of the molecule is CCOC(=O)C1(c2ccccc2)CC[C@@H](C(=O)NCCCNC(=O)c2ccccc2)c2ccccc21. The van der Waals surface area contributed by atoms with Gasteiger partial charge in [-0.2, -0.15) is 0 Å². The number of rotatable bonds is 9. The van der Waals surface area contributed by atoms with E-state index in [4.69, 9.17) is 4.74 Å². The average molecular weight is 485 g/mol. The van der Waals surface area contributed by atoms with Gasteiger partial charge >= 0.3 is 5.97 Å². The molecule has 1 aliphatic carbocycles. The molecule has 0 heterocycles. The van der Waals surface area contributed by atoms with Crippen LogP contribution in [0.25, 0.3) is 0 Å². The van der Waals surface area contributed by atoms with Crippen LogP contribution in [0.3, 0.4) is 0 Å². The summed E-state index contributed by atoms with van der Waals surface area (Å²) in [7, 11) is 0. The first-order valence-corrected chi connectivity index (χ1v) is 12.5. The summed E-state index contributed by atoms with van der Waals surface area (Å²) in [5.74, 6) is -0.829. The highest BCUT2D eigenvalue weighted by atomic mass is 16.5. The summed E-state index contributed by atoms with van der Waals surface area (Å²) < 4.78 is 5.56. The maximum atomic E-state index is 13.4. The van der Waals surface area contributed by atoms with Gasteiger partial charge < -0.3 is 15.4 Å². The molecule has 186 valence electrons. The second kappa shape index (κ2) is 11.7. The number of carbonyl (C=O) groups is 3. The van der Waals surface area contributed by atoms with E-state index in [-0.39, 0.29) is 23.7 Å². The highest BCUT2D eigenvalue weighted by Gasteiger charge is 2.49. The van der Waals surface area contributed by atoms with Crippen LogP contribution in [0.2, 0.25) is 0 Å². The summed E-state index contributed by atoms with van der Waals surface area (Å²) in [4.78, 5) is 38.8. The van der Waals surface area contributed by atoms with Crippen LogP contribution in [0.4, 0.5) is 0 Å². The van der Waals surface area contributed by atoms with Crippen LogP contribution in [-0.2, 0) is 19.7 Å². The molecule has 3 aromatic carbocycles. The summed E-state index contributed by atoms with van der Waals surface area (Å²) in [6.45, 7) is 3.02. The van der Waals surface area contributed by atoms with E-state index >= 15 is 0 Å². The van der Waals surface area contributed by atoms with Crippen LogP contribution < -0.4 is 10.6 Å². The van der Waals surface area contributed by atoms with Gasteiger partial charge in [0.2, 0.25) is 5.91 Å². The molecule has 4 rings (SSSR count). The molecular formula is C30H32N2O4. The molecule has 0 saturated heterocycles. The molecule has 0 fully saturated rings. The molecule has 0 saturated carbocycles. The number of benzene rings is 3. The van der Waals surface area contributed by atoms with Crippen molar-refractivity contribution >= 4 is 17.8 Å². The van der Waals surface area contributed by atoms with Crippen LogP contribution in [0, 0.1) is 0 Å². The van der Waals surface area contributed by atoms with Crippen molar-refractivity contribution < 1.29 is 19.1 Å². The molecule has 2 atom stereocenters. The Bertz CT molecular complexity index is 1200. The number of hydrogen-bond donors (Lipinski definition) is 2. The van der Waals surface area contributed by atoms with Gasteiger partial charge in [-0.15, -0.1) is 0 Å². The minimum Gasteiger partial charge on any atom is -0.465 e. The predicted molar refractivity (Wildman–Crippen MR) is 139 cm³/mol. The number of nitrogens with one attached hydrogen (secondary N) is 2. The second-order valence-corrected chi connectivity index (χ2v) is 8.94. The van der Waals surface area contributed by atoms with E-state index < -0.39 is 5.41 Å². The average Bonchev–Trinajstić information content (AvgIpc) is 2.93. The molecule has 2 amide bonds. The molecule has 6 nitrogen and oxygen atoms in total. The van der Waals surface area contributed by atoms with E-state index in [1.54, 1.807) is 12.1 Å². The minimum atomic E-state index is -0.938. The monoisotopic (exact) mass is 484 g/mol. The normalized spacial score (nSPS) is 18.5. The largest absolute Gasteiger partial charge is 0.465 e. The fraction of sp³-hybridized carbons (Fsp3) is 0.300. The molecule has 0 radical (unpaired) electrons. The van der Waals surface area contributed by atoms with Crippen molar-refractivity contribution in [1.29, 1.82) is 0 Å². The van der Waals surface area contributed by atoms with E-state index in [1.807, 2.05) is 79.7 Å². The van der Waals surface area contributed by atoms with Crippen molar-refractivity contribution in [2.24, 2.45) is 0 Å². The second-order valence-electron chi connectivity index (χ2n) is 8.94. The van der Waals surface area contributed by atoms with Crippen LogP contribution in [-0.4, -0.2) is 37.5 Å². The lowest BCUT2D eigenvalue weighted by molar-refractivity contribution is -0.149. The van der Waals surface area contributed by atoms with Crippen molar-refractivity contribution in [1.82, 2.24) is 10.6 Å². The summed E-state index contributed by atoms with van der Waals surface area (Å²) in [5.41, 5.74) is 2.24. The zero-order valence-corrected chi connectivity index (χ0v) is 20.5. The Morgan fingerprint density at radius 3 is 2.22 bits per heavy atom. The van der Waals surface area contributed by atoms with Crippen molar-refractivity contribution in [3.8, 4) is 0 Å². The van der Waals surface area contributed by atoms with E-state index in [0.29, 0.717) is 44.5 Å². The molecule has 2 N–H and O–H groups in total. The zero-order chi connectivity index (χ0) is 25.4. The molecular weight excluding hydrogens is 452 g/mol. The van der Waals surface area contributed by atoms with E-state index in [2.05, 4.69) is 10.6 Å². The molecule has 0 aromatic heterocycles. The van der Waals surface area contributed by atoms with Crippen molar-refractivity contribution in [3.05, 3.63) is 107 Å². The standard InChI is InChI=1S/C30H32N2O4/c1-2-36-29(35)30(23-14-7-4-8-15-23)19-18-25(24-16-9-10-17-26(24)30)28(34)32-21-11-20-31-27(33)22-12-5-3-6-13-22/h3-10,12-17,25H,2,11,18-21H2,1H3,(H,31,33)(H,32,34)/t25-,30?/m1/s1. The lowest BCUT2D eigenvalue weighted by Crippen LogP contribution is -2.45. The minimum absolute atomic E-state index is 0.0673. The maximum Gasteiger partial charge on any atom is 0.321 e. The third-order valence-corrected chi connectivity index (χ3v) is 6.79. The van der Waals surface area contributed by atoms with Gasteiger partial charge in [0.05, 0.1) is 12.5 Å². The number of hydrogen-bond acceptors (Lipinski definition) is 4. The predicted octanol–water partition coefficient (Wildman–Crippen LogP) is 4.35. The highest BCUT2D eigenvalue weighted by molar-refractivity contribution is 5.94. The molecule has 1 aliphatic rings. The van der Waals surface area contributed by atoms with Crippen LogP contribution in [0.1, 0.15) is 59.2 Å². The Hall–Kier alpha value is -3.93. The van der Waals surface area contributed by atoms with Crippen molar-refractivity contribution in [2.75, 3.05) is 19.7 Å². The van der Waals surface area contributed by atoms with E-state index in [0.717, 1.165) is 16.7 Å². The topological polar surface area (TPSA) is 84.5 Å². The summed E-state index contributed by atoms with van der Waals surface area (Å²) in [6.07, 6.45) is 1.63. The van der Waals surface area contributed by atoms with Crippen molar-refractivity contribution in [3.63, 3.8) is 0 Å². The van der Waals surface area contributed by atoms with Gasteiger partial charge in [0, 0.05) is 18.7 Å². The van der Waals surface area contributed by atoms with Gasteiger partial charge in [0.15, 0.2) is 0 Å². The van der Waals surface area contributed by atoms with Crippen LogP contribution in [0.15, 0.2) is 84.9 Å². The van der Waals surface area contributed by atoms with Gasteiger partial charge in [0.1, 0.15) is 5.41 Å². The quantitative estimate of drug-likeness (QED) is 0.349. The van der Waals surface area contributed by atoms with E-state index in [9.17, 15) is 14.4 Å². The first kappa shape index (κ1) is 25.2. The van der Waals surface area contributed by atoms with Gasteiger partial charge in [-0.1, -0.05) is 72.8 Å². The Balaban J connectivity index is 1.45. The summed E-state index contributed by atoms with van der Waals surface area (Å²) in [6, 6.07) is 26.4. The van der Waals surface area contributed by atoms with Crippen molar-refractivity contribution in [2.45, 2.75) is 37.5 Å². The zero-order valence-electron chi connectivity index (χ0n) is 20.5. The van der Waals surface area contributed by atoms with Gasteiger partial charge in [-0.25, -0.2) is 0 Å². The first-order chi connectivity index (χ1) is 17.6. The smallest absolute Gasteiger partial charge is 0.321 e.